The van der Waals surface area contributed by atoms with Crippen LogP contribution in [0.4, 0.5) is 24.7 Å². The number of hydrogen-bond acceptors (Lipinski definition) is 4. The van der Waals surface area contributed by atoms with Crippen molar-refractivity contribution in [2.75, 3.05) is 5.32 Å². The largest absolute Gasteiger partial charge is 0.451 e. The molecule has 1 aromatic heterocycles. The Balaban J connectivity index is 2.04. The maximum Gasteiger partial charge on any atom is 0.451 e. The Kier molecular flexibility index (Phi) is 4.11. The molecule has 2 aromatic carbocycles. The molecule has 0 radical (unpaired) electrons. The average molecular weight is 333 g/mol. The first kappa shape index (κ1) is 16.2. The number of aliphatic hydroxyl groups is 1. The van der Waals surface area contributed by atoms with Crippen LogP contribution in [0.25, 0.3) is 10.9 Å². The quantitative estimate of drug-likeness (QED) is 0.744. The normalized spacial score (nSPS) is 13.0. The molecule has 0 aliphatic heterocycles. The smallest absolute Gasteiger partial charge is 0.389 e. The molecule has 2 N–H and O–H groups in total. The number of hydrogen-bond donors (Lipinski definition) is 2. The van der Waals surface area contributed by atoms with Gasteiger partial charge in [0, 0.05) is 11.1 Å². The van der Waals surface area contributed by atoms with E-state index in [1.807, 2.05) is 0 Å². The molecular weight excluding hydrogens is 319 g/mol. The molecule has 1 heterocycles. The Morgan fingerprint density at radius 1 is 1.00 bits per heavy atom. The summed E-state index contributed by atoms with van der Waals surface area (Å²) < 4.78 is 39.0. The van der Waals surface area contributed by atoms with E-state index >= 15 is 0 Å². The molecule has 0 aliphatic carbocycles. The van der Waals surface area contributed by atoms with Gasteiger partial charge in [-0.15, -0.1) is 0 Å². The summed E-state index contributed by atoms with van der Waals surface area (Å²) in [6, 6.07) is 13.2. The molecule has 0 bridgehead atoms. The van der Waals surface area contributed by atoms with Gasteiger partial charge in [0.25, 0.3) is 0 Å². The van der Waals surface area contributed by atoms with Crippen molar-refractivity contribution in [3.8, 4) is 0 Å². The summed E-state index contributed by atoms with van der Waals surface area (Å²) in [5.74, 6) is -1.11. The van der Waals surface area contributed by atoms with E-state index in [9.17, 15) is 18.3 Å². The fourth-order valence-electron chi connectivity index (χ4n) is 2.28. The lowest BCUT2D eigenvalue weighted by Gasteiger charge is -2.13. The van der Waals surface area contributed by atoms with Gasteiger partial charge >= 0.3 is 6.18 Å². The van der Waals surface area contributed by atoms with Crippen molar-refractivity contribution in [2.45, 2.75) is 19.2 Å². The zero-order chi connectivity index (χ0) is 17.3. The van der Waals surface area contributed by atoms with Crippen LogP contribution >= 0.6 is 0 Å². The van der Waals surface area contributed by atoms with Crippen molar-refractivity contribution in [3.05, 3.63) is 59.9 Å². The number of rotatable bonds is 3. The molecule has 3 rings (SSSR count). The first-order chi connectivity index (χ1) is 11.3. The van der Waals surface area contributed by atoms with Gasteiger partial charge in [-0.2, -0.15) is 13.2 Å². The summed E-state index contributed by atoms with van der Waals surface area (Å²) >= 11 is 0. The van der Waals surface area contributed by atoms with Gasteiger partial charge in [0.15, 0.2) is 0 Å². The second kappa shape index (κ2) is 6.09. The van der Waals surface area contributed by atoms with Crippen molar-refractivity contribution in [1.29, 1.82) is 0 Å². The number of aromatic nitrogens is 2. The second-order valence-electron chi connectivity index (χ2n) is 5.33. The fourth-order valence-corrected chi connectivity index (χ4v) is 2.28. The Hall–Kier alpha value is -2.67. The van der Waals surface area contributed by atoms with Crippen LogP contribution in [-0.2, 0) is 6.18 Å². The van der Waals surface area contributed by atoms with Crippen LogP contribution in [0, 0.1) is 0 Å². The van der Waals surface area contributed by atoms with E-state index in [2.05, 4.69) is 15.3 Å². The van der Waals surface area contributed by atoms with E-state index in [0.717, 1.165) is 0 Å². The number of aliphatic hydroxyl groups excluding tert-OH is 1. The minimum atomic E-state index is -4.63. The van der Waals surface area contributed by atoms with Gasteiger partial charge in [0.2, 0.25) is 5.82 Å². The van der Waals surface area contributed by atoms with Gasteiger partial charge in [0.05, 0.1) is 11.6 Å². The van der Waals surface area contributed by atoms with Gasteiger partial charge in [-0.1, -0.05) is 24.3 Å². The van der Waals surface area contributed by atoms with E-state index in [0.29, 0.717) is 16.6 Å². The molecule has 0 saturated heterocycles. The van der Waals surface area contributed by atoms with E-state index < -0.39 is 18.1 Å². The van der Waals surface area contributed by atoms with Crippen LogP contribution in [-0.4, -0.2) is 15.1 Å². The Bertz CT molecular complexity index is 861. The topological polar surface area (TPSA) is 58.0 Å². The number of halogens is 3. The number of nitrogens with zero attached hydrogens (tertiary/aromatic N) is 2. The SMILES string of the molecule is CC(O)c1ccc(Nc2nc(C(F)(F)F)nc3ccccc23)cc1. The molecule has 7 heteroatoms. The molecule has 0 spiro atoms. The lowest BCUT2D eigenvalue weighted by atomic mass is 10.1. The number of fused-ring (bicyclic) bond motifs is 1. The maximum atomic E-state index is 13.0. The Labute approximate surface area is 136 Å². The van der Waals surface area contributed by atoms with Crippen molar-refractivity contribution < 1.29 is 18.3 Å². The summed E-state index contributed by atoms with van der Waals surface area (Å²) in [7, 11) is 0. The van der Waals surface area contributed by atoms with Crippen molar-refractivity contribution in [2.24, 2.45) is 0 Å². The highest BCUT2D eigenvalue weighted by molar-refractivity contribution is 5.90. The number of benzene rings is 2. The van der Waals surface area contributed by atoms with Gasteiger partial charge in [0.1, 0.15) is 5.82 Å². The summed E-state index contributed by atoms with van der Waals surface area (Å²) in [5, 5.41) is 12.9. The van der Waals surface area contributed by atoms with Crippen LogP contribution < -0.4 is 5.32 Å². The van der Waals surface area contributed by atoms with E-state index in [1.54, 1.807) is 49.4 Å². The van der Waals surface area contributed by atoms with Crippen LogP contribution in [0.15, 0.2) is 48.5 Å². The first-order valence-corrected chi connectivity index (χ1v) is 7.23. The zero-order valence-electron chi connectivity index (χ0n) is 12.7. The maximum absolute atomic E-state index is 13.0. The standard InChI is InChI=1S/C17H14F3N3O/c1-10(24)11-6-8-12(9-7-11)21-15-13-4-2-3-5-14(13)22-16(23-15)17(18,19)20/h2-10,24H,1H3,(H,21,22,23). The first-order valence-electron chi connectivity index (χ1n) is 7.23. The summed E-state index contributed by atoms with van der Waals surface area (Å²) in [5.41, 5.74) is 1.49. The van der Waals surface area contributed by atoms with Gasteiger partial charge in [-0.05, 0) is 36.8 Å². The molecule has 0 saturated carbocycles. The number of alkyl halides is 3. The molecule has 1 unspecified atom stereocenters. The predicted octanol–water partition coefficient (Wildman–Crippen LogP) is 4.45. The van der Waals surface area contributed by atoms with Crippen LogP contribution in [0.1, 0.15) is 24.4 Å². The fraction of sp³-hybridized carbons (Fsp3) is 0.176. The molecular formula is C17H14F3N3O. The highest BCUT2D eigenvalue weighted by atomic mass is 19.4. The van der Waals surface area contributed by atoms with Gasteiger partial charge in [-0.25, -0.2) is 9.97 Å². The average Bonchev–Trinajstić information content (AvgIpc) is 2.54. The van der Waals surface area contributed by atoms with E-state index in [-0.39, 0.29) is 11.3 Å². The second-order valence-corrected chi connectivity index (χ2v) is 5.33. The van der Waals surface area contributed by atoms with Gasteiger partial charge in [-0.3, -0.25) is 0 Å². The minimum Gasteiger partial charge on any atom is -0.389 e. The van der Waals surface area contributed by atoms with Crippen LogP contribution in [0.3, 0.4) is 0 Å². The molecule has 1 atom stereocenters. The molecule has 3 aromatic rings. The molecule has 0 fully saturated rings. The number of nitrogens with one attached hydrogen (secondary N) is 1. The monoisotopic (exact) mass is 333 g/mol. The van der Waals surface area contributed by atoms with Gasteiger partial charge < -0.3 is 10.4 Å². The number of anilines is 2. The molecule has 124 valence electrons. The van der Waals surface area contributed by atoms with Crippen molar-refractivity contribution in [1.82, 2.24) is 9.97 Å². The highest BCUT2D eigenvalue weighted by Crippen LogP contribution is 2.31. The predicted molar refractivity (Wildman–Crippen MR) is 84.9 cm³/mol. The Morgan fingerprint density at radius 2 is 1.67 bits per heavy atom. The third-order valence-electron chi connectivity index (χ3n) is 3.51. The van der Waals surface area contributed by atoms with Crippen LogP contribution in [0.2, 0.25) is 0 Å². The van der Waals surface area contributed by atoms with Crippen LogP contribution in [0.5, 0.6) is 0 Å². The number of para-hydroxylation sites is 1. The van der Waals surface area contributed by atoms with Crippen molar-refractivity contribution >= 4 is 22.4 Å². The third-order valence-corrected chi connectivity index (χ3v) is 3.51. The van der Waals surface area contributed by atoms with E-state index in [1.165, 1.54) is 6.07 Å². The Morgan fingerprint density at radius 3 is 2.29 bits per heavy atom. The molecule has 24 heavy (non-hydrogen) atoms. The minimum absolute atomic E-state index is 0.0812. The summed E-state index contributed by atoms with van der Waals surface area (Å²) in [4.78, 5) is 7.21. The lowest BCUT2D eigenvalue weighted by molar-refractivity contribution is -0.144. The lowest BCUT2D eigenvalue weighted by Crippen LogP contribution is -2.12. The highest BCUT2D eigenvalue weighted by Gasteiger charge is 2.35. The molecule has 0 amide bonds. The summed E-state index contributed by atoms with van der Waals surface area (Å²) in [6.45, 7) is 1.63. The summed E-state index contributed by atoms with van der Waals surface area (Å²) in [6.07, 6.45) is -5.24. The third kappa shape index (κ3) is 3.30. The van der Waals surface area contributed by atoms with E-state index in [4.69, 9.17) is 0 Å². The molecule has 4 nitrogen and oxygen atoms in total. The van der Waals surface area contributed by atoms with Crippen molar-refractivity contribution in [3.63, 3.8) is 0 Å². The zero-order valence-corrected chi connectivity index (χ0v) is 12.7. The molecule has 0 aliphatic rings.